The van der Waals surface area contributed by atoms with Crippen LogP contribution in [0.2, 0.25) is 0 Å². The van der Waals surface area contributed by atoms with Gasteiger partial charge in [0.1, 0.15) is 0 Å². The molecule has 0 radical (unpaired) electrons. The van der Waals surface area contributed by atoms with Crippen molar-refractivity contribution in [3.8, 4) is 6.07 Å². The largest absolute Gasteiger partial charge is 0.294 e. The Balaban J connectivity index is 3.30. The van der Waals surface area contributed by atoms with Crippen molar-refractivity contribution < 1.29 is 13.6 Å². The van der Waals surface area contributed by atoms with Crippen LogP contribution >= 0.6 is 0 Å². The zero-order valence-electron chi connectivity index (χ0n) is 7.42. The molecule has 72 valence electrons. The van der Waals surface area contributed by atoms with Crippen molar-refractivity contribution in [2.45, 2.75) is 13.3 Å². The van der Waals surface area contributed by atoms with Gasteiger partial charge < -0.3 is 0 Å². The molecule has 0 atom stereocenters. The minimum absolute atomic E-state index is 0.0466. The fraction of sp³-hybridized carbons (Fsp3) is 0.200. The summed E-state index contributed by atoms with van der Waals surface area (Å²) >= 11 is 0. The number of carbonyl (C=O) groups excluding carboxylic acids is 1. The molecule has 1 aromatic rings. The number of hydrogen-bond acceptors (Lipinski definition) is 2. The van der Waals surface area contributed by atoms with E-state index in [9.17, 15) is 13.6 Å². The maximum Gasteiger partial charge on any atom is 0.263 e. The third-order valence-electron chi connectivity index (χ3n) is 1.80. The average Bonchev–Trinajstić information content (AvgIpc) is 2.16. The normalized spacial score (nSPS) is 9.93. The molecular formula is C10H7F2NO. The van der Waals surface area contributed by atoms with E-state index in [4.69, 9.17) is 5.26 Å². The van der Waals surface area contributed by atoms with E-state index in [0.29, 0.717) is 0 Å². The first-order valence-corrected chi connectivity index (χ1v) is 3.89. The van der Waals surface area contributed by atoms with Crippen LogP contribution in [-0.4, -0.2) is 5.78 Å². The maximum absolute atomic E-state index is 12.3. The molecular weight excluding hydrogens is 188 g/mol. The smallest absolute Gasteiger partial charge is 0.263 e. The van der Waals surface area contributed by atoms with E-state index in [0.717, 1.165) is 12.1 Å². The minimum atomic E-state index is -2.62. The lowest BCUT2D eigenvalue weighted by molar-refractivity contribution is 0.101. The lowest BCUT2D eigenvalue weighted by atomic mass is 10.0. The lowest BCUT2D eigenvalue weighted by Crippen LogP contribution is -1.98. The highest BCUT2D eigenvalue weighted by Crippen LogP contribution is 2.21. The van der Waals surface area contributed by atoms with E-state index >= 15 is 0 Å². The summed E-state index contributed by atoms with van der Waals surface area (Å²) in [6.45, 7) is 1.24. The standard InChI is InChI=1S/C10H7F2NO/c1-6(14)9-4-7(10(11)12)2-3-8(9)5-13/h2-4,10H,1H3. The van der Waals surface area contributed by atoms with E-state index < -0.39 is 6.43 Å². The van der Waals surface area contributed by atoms with Crippen molar-refractivity contribution in [3.63, 3.8) is 0 Å². The number of rotatable bonds is 2. The number of carbonyl (C=O) groups is 1. The monoisotopic (exact) mass is 195 g/mol. The Labute approximate surface area is 79.8 Å². The van der Waals surface area contributed by atoms with Gasteiger partial charge in [0.15, 0.2) is 5.78 Å². The molecule has 0 unspecified atom stereocenters. The van der Waals surface area contributed by atoms with E-state index in [1.54, 1.807) is 6.07 Å². The number of Topliss-reactive ketones (excluding diaryl/α,β-unsaturated/α-hetero) is 1. The number of halogens is 2. The zero-order valence-corrected chi connectivity index (χ0v) is 7.42. The molecule has 0 amide bonds. The highest BCUT2D eigenvalue weighted by atomic mass is 19.3. The summed E-state index contributed by atoms with van der Waals surface area (Å²) in [5.74, 6) is -0.385. The Bertz CT molecular complexity index is 407. The molecule has 0 saturated carbocycles. The Morgan fingerprint density at radius 3 is 2.57 bits per heavy atom. The quantitative estimate of drug-likeness (QED) is 0.680. The summed E-state index contributed by atoms with van der Waals surface area (Å²) in [4.78, 5) is 11.0. The summed E-state index contributed by atoms with van der Waals surface area (Å²) in [6, 6.07) is 5.22. The average molecular weight is 195 g/mol. The topological polar surface area (TPSA) is 40.9 Å². The van der Waals surface area contributed by atoms with Gasteiger partial charge in [-0.05, 0) is 19.1 Å². The van der Waals surface area contributed by atoms with E-state index in [1.807, 2.05) is 0 Å². The molecule has 0 aliphatic carbocycles. The molecule has 14 heavy (non-hydrogen) atoms. The molecule has 0 aliphatic heterocycles. The molecule has 0 heterocycles. The van der Waals surface area contributed by atoms with E-state index in [1.165, 1.54) is 13.0 Å². The van der Waals surface area contributed by atoms with Crippen LogP contribution in [0.4, 0.5) is 8.78 Å². The van der Waals surface area contributed by atoms with Crippen LogP contribution in [0, 0.1) is 11.3 Å². The van der Waals surface area contributed by atoms with Crippen molar-refractivity contribution in [2.24, 2.45) is 0 Å². The third-order valence-corrected chi connectivity index (χ3v) is 1.80. The van der Waals surface area contributed by atoms with Gasteiger partial charge in [0.2, 0.25) is 0 Å². The van der Waals surface area contributed by atoms with Gasteiger partial charge in [-0.15, -0.1) is 0 Å². The van der Waals surface area contributed by atoms with Gasteiger partial charge in [0.05, 0.1) is 11.6 Å². The SMILES string of the molecule is CC(=O)c1cc(C(F)F)ccc1C#N. The molecule has 1 aromatic carbocycles. The Morgan fingerprint density at radius 2 is 2.14 bits per heavy atom. The third kappa shape index (κ3) is 1.94. The second-order valence-electron chi connectivity index (χ2n) is 2.77. The van der Waals surface area contributed by atoms with Crippen LogP contribution in [0.1, 0.15) is 34.8 Å². The number of hydrogen-bond donors (Lipinski definition) is 0. The number of nitriles is 1. The summed E-state index contributed by atoms with van der Waals surface area (Å²) in [5, 5.41) is 8.61. The summed E-state index contributed by atoms with van der Waals surface area (Å²) in [5.41, 5.74) is -0.0681. The van der Waals surface area contributed by atoms with Crippen molar-refractivity contribution in [1.29, 1.82) is 5.26 Å². The van der Waals surface area contributed by atoms with E-state index in [2.05, 4.69) is 0 Å². The zero-order chi connectivity index (χ0) is 10.7. The second kappa shape index (κ2) is 3.97. The van der Waals surface area contributed by atoms with Gasteiger partial charge >= 0.3 is 0 Å². The number of benzene rings is 1. The van der Waals surface area contributed by atoms with Gasteiger partial charge in [0.25, 0.3) is 6.43 Å². The van der Waals surface area contributed by atoms with Gasteiger partial charge in [-0.25, -0.2) is 8.78 Å². The summed E-state index contributed by atoms with van der Waals surface area (Å²) < 4.78 is 24.5. The second-order valence-corrected chi connectivity index (χ2v) is 2.77. The molecule has 4 heteroatoms. The maximum atomic E-state index is 12.3. The molecule has 0 saturated heterocycles. The van der Waals surface area contributed by atoms with Crippen molar-refractivity contribution >= 4 is 5.78 Å². The van der Waals surface area contributed by atoms with Crippen LogP contribution in [0.25, 0.3) is 0 Å². The Morgan fingerprint density at radius 1 is 1.50 bits per heavy atom. The Hall–Kier alpha value is -1.76. The van der Waals surface area contributed by atoms with Crippen LogP contribution < -0.4 is 0 Å². The number of nitrogens with zero attached hydrogens (tertiary/aromatic N) is 1. The first-order chi connectivity index (χ1) is 6.56. The lowest BCUT2D eigenvalue weighted by Gasteiger charge is -2.03. The molecule has 0 N–H and O–H groups in total. The Kier molecular flexibility index (Phi) is 2.92. The summed E-state index contributed by atoms with van der Waals surface area (Å²) in [7, 11) is 0. The molecule has 0 spiro atoms. The van der Waals surface area contributed by atoms with Gasteiger partial charge in [-0.2, -0.15) is 5.26 Å². The molecule has 0 aromatic heterocycles. The molecule has 2 nitrogen and oxygen atoms in total. The highest BCUT2D eigenvalue weighted by molar-refractivity contribution is 5.96. The van der Waals surface area contributed by atoms with Gasteiger partial charge in [0, 0.05) is 11.1 Å². The molecule has 0 bridgehead atoms. The first kappa shape index (κ1) is 10.3. The number of ketones is 1. The molecule has 0 aliphatic rings. The van der Waals surface area contributed by atoms with Crippen molar-refractivity contribution in [2.75, 3.05) is 0 Å². The summed E-state index contributed by atoms with van der Waals surface area (Å²) in [6.07, 6.45) is -2.62. The van der Waals surface area contributed by atoms with Crippen LogP contribution in [0.5, 0.6) is 0 Å². The minimum Gasteiger partial charge on any atom is -0.294 e. The predicted molar refractivity (Wildman–Crippen MR) is 46.1 cm³/mol. The van der Waals surface area contributed by atoms with Crippen LogP contribution in [0.15, 0.2) is 18.2 Å². The van der Waals surface area contributed by atoms with Crippen LogP contribution in [-0.2, 0) is 0 Å². The molecule has 0 fully saturated rings. The number of alkyl halides is 2. The fourth-order valence-electron chi connectivity index (χ4n) is 1.09. The van der Waals surface area contributed by atoms with Crippen molar-refractivity contribution in [1.82, 2.24) is 0 Å². The van der Waals surface area contributed by atoms with Crippen molar-refractivity contribution in [3.05, 3.63) is 34.9 Å². The predicted octanol–water partition coefficient (Wildman–Crippen LogP) is 2.70. The van der Waals surface area contributed by atoms with Gasteiger partial charge in [-0.3, -0.25) is 4.79 Å². The molecule has 1 rings (SSSR count). The van der Waals surface area contributed by atoms with Crippen LogP contribution in [0.3, 0.4) is 0 Å². The highest BCUT2D eigenvalue weighted by Gasteiger charge is 2.12. The van der Waals surface area contributed by atoms with E-state index in [-0.39, 0.29) is 22.5 Å². The first-order valence-electron chi connectivity index (χ1n) is 3.89. The fourth-order valence-corrected chi connectivity index (χ4v) is 1.09. The van der Waals surface area contributed by atoms with Gasteiger partial charge in [-0.1, -0.05) is 6.07 Å².